The van der Waals surface area contributed by atoms with E-state index in [2.05, 4.69) is 21.2 Å². The second kappa shape index (κ2) is 7.57. The van der Waals surface area contributed by atoms with E-state index in [-0.39, 0.29) is 24.1 Å². The molecule has 1 aromatic rings. The molecule has 2 rings (SSSR count). The number of likely N-dealkylation sites (tertiary alicyclic amines) is 1. The van der Waals surface area contributed by atoms with Crippen LogP contribution in [-0.4, -0.2) is 59.3 Å². The Hall–Kier alpha value is -0.870. The number of carbonyl (C=O) groups is 2. The Morgan fingerprint density at radius 3 is 2.62 bits per heavy atom. The van der Waals surface area contributed by atoms with E-state index in [1.54, 1.807) is 12.1 Å². The van der Waals surface area contributed by atoms with Crippen molar-refractivity contribution < 1.29 is 24.3 Å². The highest BCUT2D eigenvalue weighted by Gasteiger charge is 2.40. The Labute approximate surface area is 163 Å². The number of phenolic OH excluding ortho intramolecular Hbond substituents is 1. The predicted molar refractivity (Wildman–Crippen MR) is 102 cm³/mol. The van der Waals surface area contributed by atoms with Crippen molar-refractivity contribution in [1.82, 2.24) is 5.32 Å². The minimum atomic E-state index is -1.06. The molecule has 3 N–H and O–H groups in total. The van der Waals surface area contributed by atoms with Crippen molar-refractivity contribution in [3.05, 3.63) is 25.7 Å². The molecule has 1 aromatic carbocycles. The van der Waals surface area contributed by atoms with Gasteiger partial charge in [-0.2, -0.15) is 0 Å². The average Bonchev–Trinajstić information content (AvgIpc) is 2.83. The summed E-state index contributed by atoms with van der Waals surface area (Å²) in [5.74, 6) is -1.15. The molecule has 24 heavy (non-hydrogen) atoms. The highest BCUT2D eigenvalue weighted by atomic mass is 127. The molecule has 0 bridgehead atoms. The normalized spacial score (nSPS) is 20.6. The molecule has 6 nitrogen and oxygen atoms in total. The molecule has 0 aromatic heterocycles. The number of carboxylic acids is 1. The number of hydrogen-bond donors (Lipinski definition) is 3. The fourth-order valence-electron chi connectivity index (χ4n) is 3.09. The lowest BCUT2D eigenvalue weighted by Crippen LogP contribution is -2.55. The maximum atomic E-state index is 12.5. The number of likely N-dealkylation sites (N-methyl/N-ethyl adjacent to an activating group) is 1. The summed E-state index contributed by atoms with van der Waals surface area (Å²) in [5, 5.41) is 21.9. The predicted octanol–water partition coefficient (Wildman–Crippen LogP) is 2.11. The molecule has 1 aliphatic heterocycles. The first kappa shape index (κ1) is 19.5. The van der Waals surface area contributed by atoms with E-state index in [0.29, 0.717) is 12.5 Å². The van der Waals surface area contributed by atoms with E-state index in [4.69, 9.17) is 0 Å². The van der Waals surface area contributed by atoms with Gasteiger partial charge in [0.15, 0.2) is 6.04 Å². The Kier molecular flexibility index (Phi) is 6.14. The van der Waals surface area contributed by atoms with Gasteiger partial charge in [-0.05, 0) is 56.2 Å². The maximum absolute atomic E-state index is 12.5. The Bertz CT molecular complexity index is 642. The van der Waals surface area contributed by atoms with Crippen molar-refractivity contribution in [3.63, 3.8) is 0 Å². The first-order chi connectivity index (χ1) is 11.1. The molecule has 0 unspecified atom stereocenters. The lowest BCUT2D eigenvalue weighted by atomic mass is 10.0. The topological polar surface area (TPSA) is 86.6 Å². The van der Waals surface area contributed by atoms with Crippen LogP contribution in [0.4, 0.5) is 0 Å². The van der Waals surface area contributed by atoms with Crippen LogP contribution in [0, 0.1) is 3.57 Å². The molecule has 1 fully saturated rings. The molecule has 8 heteroatoms. The molecule has 132 valence electrons. The SMILES string of the molecule is C[N+]1(C)CCC[C@@H]1C(=O)N[C@@H](Cc1cc(Br)c(O)c(I)c1)C(=O)O. The van der Waals surface area contributed by atoms with Crippen molar-refractivity contribution in [3.8, 4) is 5.75 Å². The largest absolute Gasteiger partial charge is 0.506 e. The number of rotatable bonds is 5. The number of carbonyl (C=O) groups excluding carboxylic acids is 1. The summed E-state index contributed by atoms with van der Waals surface area (Å²) in [7, 11) is 3.99. The van der Waals surface area contributed by atoms with Gasteiger partial charge in [-0.1, -0.05) is 0 Å². The third-order valence-corrected chi connectivity index (χ3v) is 5.92. The summed E-state index contributed by atoms with van der Waals surface area (Å²) >= 11 is 5.23. The highest BCUT2D eigenvalue weighted by Crippen LogP contribution is 2.31. The van der Waals surface area contributed by atoms with Crippen LogP contribution in [0.25, 0.3) is 0 Å². The van der Waals surface area contributed by atoms with E-state index in [0.717, 1.165) is 24.9 Å². The molecule has 0 aliphatic carbocycles. The number of phenols is 1. The van der Waals surface area contributed by atoms with Crippen LogP contribution in [0.2, 0.25) is 0 Å². The van der Waals surface area contributed by atoms with Gasteiger partial charge in [-0.3, -0.25) is 4.79 Å². The summed E-state index contributed by atoms with van der Waals surface area (Å²) in [6, 6.07) is 2.19. The number of quaternary nitrogens is 1. The second-order valence-corrected chi connectivity index (χ2v) is 8.69. The number of amides is 1. The molecule has 1 heterocycles. The third-order valence-electron chi connectivity index (χ3n) is 4.49. The van der Waals surface area contributed by atoms with Gasteiger partial charge in [-0.15, -0.1) is 0 Å². The first-order valence-electron chi connectivity index (χ1n) is 7.64. The van der Waals surface area contributed by atoms with Crippen LogP contribution in [0.1, 0.15) is 18.4 Å². The van der Waals surface area contributed by atoms with Gasteiger partial charge in [0.05, 0.1) is 28.7 Å². The second-order valence-electron chi connectivity index (χ2n) is 6.67. The third kappa shape index (κ3) is 4.40. The van der Waals surface area contributed by atoms with Gasteiger partial charge >= 0.3 is 5.97 Å². The minimum Gasteiger partial charge on any atom is -0.506 e. The number of halogens is 2. The molecule has 1 aliphatic rings. The quantitative estimate of drug-likeness (QED) is 0.417. The number of benzene rings is 1. The standard InChI is InChI=1S/C16H20BrIN2O4/c1-20(2)5-3-4-13(20)15(22)19-12(16(23)24)8-9-6-10(17)14(21)11(18)7-9/h6-7,12-13H,3-5,8H2,1-2H3,(H2-,19,21,22,23,24)/p+1/t12-,13+/m0/s1. The van der Waals surface area contributed by atoms with Crippen LogP contribution in [-0.2, 0) is 16.0 Å². The Morgan fingerprint density at radius 1 is 1.46 bits per heavy atom. The van der Waals surface area contributed by atoms with Gasteiger partial charge in [0.1, 0.15) is 11.8 Å². The molecule has 1 amide bonds. The number of carboxylic acid groups (broad SMARTS) is 1. The summed E-state index contributed by atoms with van der Waals surface area (Å²) < 4.78 is 1.72. The maximum Gasteiger partial charge on any atom is 0.326 e. The average molecular weight is 512 g/mol. The van der Waals surface area contributed by atoms with Gasteiger partial charge < -0.3 is 20.0 Å². The van der Waals surface area contributed by atoms with Crippen molar-refractivity contribution in [2.75, 3.05) is 20.6 Å². The monoisotopic (exact) mass is 511 g/mol. The molecule has 2 atom stereocenters. The van der Waals surface area contributed by atoms with E-state index < -0.39 is 12.0 Å². The number of nitrogens with zero attached hydrogens (tertiary/aromatic N) is 1. The van der Waals surface area contributed by atoms with Crippen LogP contribution in [0.3, 0.4) is 0 Å². The van der Waals surface area contributed by atoms with Crippen molar-refractivity contribution in [2.24, 2.45) is 0 Å². The molecular weight excluding hydrogens is 491 g/mol. The zero-order chi connectivity index (χ0) is 18.1. The number of aliphatic carboxylic acids is 1. The van der Waals surface area contributed by atoms with E-state index in [1.807, 2.05) is 36.7 Å². The van der Waals surface area contributed by atoms with Gasteiger partial charge in [0.25, 0.3) is 5.91 Å². The molecule has 0 radical (unpaired) electrons. The van der Waals surface area contributed by atoms with Gasteiger partial charge in [-0.25, -0.2) is 4.79 Å². The summed E-state index contributed by atoms with van der Waals surface area (Å²) in [6.45, 7) is 0.916. The smallest absolute Gasteiger partial charge is 0.326 e. The lowest BCUT2D eigenvalue weighted by Gasteiger charge is -2.31. The fraction of sp³-hybridized carbons (Fsp3) is 0.500. The summed E-state index contributed by atoms with van der Waals surface area (Å²) in [4.78, 5) is 24.1. The summed E-state index contributed by atoms with van der Waals surface area (Å²) in [5.41, 5.74) is 0.733. The van der Waals surface area contributed by atoms with Gasteiger partial charge in [0, 0.05) is 19.3 Å². The lowest BCUT2D eigenvalue weighted by molar-refractivity contribution is -0.893. The van der Waals surface area contributed by atoms with Crippen molar-refractivity contribution in [1.29, 1.82) is 0 Å². The number of hydrogen-bond acceptors (Lipinski definition) is 3. The summed E-state index contributed by atoms with van der Waals surface area (Å²) in [6.07, 6.45) is 1.90. The molecule has 1 saturated heterocycles. The van der Waals surface area contributed by atoms with Crippen molar-refractivity contribution in [2.45, 2.75) is 31.3 Å². The first-order valence-corrected chi connectivity index (χ1v) is 9.51. The fourth-order valence-corrected chi connectivity index (χ4v) is 4.65. The number of nitrogens with one attached hydrogen (secondary N) is 1. The molecule has 0 spiro atoms. The Balaban J connectivity index is 2.13. The minimum absolute atomic E-state index is 0.125. The highest BCUT2D eigenvalue weighted by molar-refractivity contribution is 14.1. The number of aromatic hydroxyl groups is 1. The zero-order valence-electron chi connectivity index (χ0n) is 13.6. The van der Waals surface area contributed by atoms with Crippen LogP contribution in [0.15, 0.2) is 16.6 Å². The van der Waals surface area contributed by atoms with E-state index in [1.165, 1.54) is 0 Å². The van der Waals surface area contributed by atoms with E-state index in [9.17, 15) is 19.8 Å². The van der Waals surface area contributed by atoms with Crippen LogP contribution >= 0.6 is 38.5 Å². The molecule has 0 saturated carbocycles. The zero-order valence-corrected chi connectivity index (χ0v) is 17.3. The van der Waals surface area contributed by atoms with Crippen LogP contribution < -0.4 is 5.32 Å². The van der Waals surface area contributed by atoms with Gasteiger partial charge in [0.2, 0.25) is 0 Å². The Morgan fingerprint density at radius 2 is 2.12 bits per heavy atom. The molecular formula is C16H21BrIN2O4+. The van der Waals surface area contributed by atoms with Crippen LogP contribution in [0.5, 0.6) is 5.75 Å². The van der Waals surface area contributed by atoms with E-state index >= 15 is 0 Å². The van der Waals surface area contributed by atoms with Crippen molar-refractivity contribution >= 4 is 50.4 Å².